The summed E-state index contributed by atoms with van der Waals surface area (Å²) in [6, 6.07) is 14.9. The van der Waals surface area contributed by atoms with Gasteiger partial charge in [0.05, 0.1) is 0 Å². The highest BCUT2D eigenvalue weighted by atomic mass is 16.5. The number of carbonyl (C=O) groups excluding carboxylic acids is 3. The molecule has 0 aromatic heterocycles. The number of benzene rings is 2. The van der Waals surface area contributed by atoms with Gasteiger partial charge < -0.3 is 15.4 Å². The molecule has 0 heterocycles. The third-order valence-corrected chi connectivity index (χ3v) is 3.92. The maximum absolute atomic E-state index is 12.6. The fourth-order valence-electron chi connectivity index (χ4n) is 2.45. The van der Waals surface area contributed by atoms with Crippen molar-refractivity contribution in [3.8, 4) is 5.75 Å². The molecule has 1 atom stereocenters. The molecule has 0 spiro atoms. The normalized spacial score (nSPS) is 11.6. The van der Waals surface area contributed by atoms with Gasteiger partial charge in [0, 0.05) is 11.3 Å². The molecule has 0 saturated carbocycles. The Morgan fingerprint density at radius 2 is 1.70 bits per heavy atom. The smallest absolute Gasteiger partial charge is 0.258 e. The SMILES string of the molecule is CC(=O)c1cccc(NC(=O)[C@@H](NC(=O)COc2ccccc2)C(C)C)c1. The van der Waals surface area contributed by atoms with Crippen molar-refractivity contribution in [3.63, 3.8) is 0 Å². The van der Waals surface area contributed by atoms with Crippen molar-refractivity contribution in [2.75, 3.05) is 11.9 Å². The minimum absolute atomic E-state index is 0.0853. The van der Waals surface area contributed by atoms with Gasteiger partial charge in [-0.05, 0) is 37.1 Å². The fourth-order valence-corrected chi connectivity index (χ4v) is 2.45. The first-order valence-electron chi connectivity index (χ1n) is 8.76. The second-order valence-electron chi connectivity index (χ2n) is 6.52. The number of ether oxygens (including phenoxy) is 1. The number of rotatable bonds is 8. The first-order chi connectivity index (χ1) is 12.9. The van der Waals surface area contributed by atoms with Crippen molar-refractivity contribution in [3.05, 3.63) is 60.2 Å². The molecule has 27 heavy (non-hydrogen) atoms. The maximum Gasteiger partial charge on any atom is 0.258 e. The van der Waals surface area contributed by atoms with Crippen molar-refractivity contribution in [1.29, 1.82) is 0 Å². The summed E-state index contributed by atoms with van der Waals surface area (Å²) in [6.07, 6.45) is 0. The average molecular weight is 368 g/mol. The minimum atomic E-state index is -0.724. The zero-order valence-electron chi connectivity index (χ0n) is 15.7. The Labute approximate surface area is 158 Å². The molecule has 6 nitrogen and oxygen atoms in total. The van der Waals surface area contributed by atoms with Crippen LogP contribution in [0.1, 0.15) is 31.1 Å². The van der Waals surface area contributed by atoms with E-state index in [-0.39, 0.29) is 30.1 Å². The van der Waals surface area contributed by atoms with Crippen molar-refractivity contribution in [2.45, 2.75) is 26.8 Å². The molecule has 0 bridgehead atoms. The van der Waals surface area contributed by atoms with Gasteiger partial charge >= 0.3 is 0 Å². The number of anilines is 1. The summed E-state index contributed by atoms with van der Waals surface area (Å²) in [5.74, 6) is -0.359. The van der Waals surface area contributed by atoms with Gasteiger partial charge in [-0.25, -0.2) is 0 Å². The number of nitrogens with one attached hydrogen (secondary N) is 2. The van der Waals surface area contributed by atoms with E-state index in [0.29, 0.717) is 17.0 Å². The number of para-hydroxylation sites is 1. The predicted octanol–water partition coefficient (Wildman–Crippen LogP) is 3.05. The maximum atomic E-state index is 12.6. The summed E-state index contributed by atoms with van der Waals surface area (Å²) >= 11 is 0. The van der Waals surface area contributed by atoms with Gasteiger partial charge in [0.15, 0.2) is 12.4 Å². The highest BCUT2D eigenvalue weighted by Crippen LogP contribution is 2.13. The van der Waals surface area contributed by atoms with Crippen LogP contribution < -0.4 is 15.4 Å². The largest absolute Gasteiger partial charge is 0.484 e. The predicted molar refractivity (Wildman–Crippen MR) is 104 cm³/mol. The third-order valence-electron chi connectivity index (χ3n) is 3.92. The van der Waals surface area contributed by atoms with Crippen LogP contribution >= 0.6 is 0 Å². The fraction of sp³-hybridized carbons (Fsp3) is 0.286. The molecular weight excluding hydrogens is 344 g/mol. The van der Waals surface area contributed by atoms with Crippen LogP contribution in [0.25, 0.3) is 0 Å². The lowest BCUT2D eigenvalue weighted by molar-refractivity contribution is -0.128. The zero-order chi connectivity index (χ0) is 19.8. The standard InChI is InChI=1S/C21H24N2O4/c1-14(2)20(23-19(25)13-27-18-10-5-4-6-11-18)21(26)22-17-9-7-8-16(12-17)15(3)24/h4-12,14,20H,13H2,1-3H3,(H,22,26)(H,23,25)/t20-/m0/s1. The molecule has 2 amide bonds. The lowest BCUT2D eigenvalue weighted by Crippen LogP contribution is -2.48. The Balaban J connectivity index is 1.97. The highest BCUT2D eigenvalue weighted by Gasteiger charge is 2.24. The number of amides is 2. The molecular formula is C21H24N2O4. The van der Waals surface area contributed by atoms with E-state index in [0.717, 1.165) is 0 Å². The first kappa shape index (κ1) is 20.2. The van der Waals surface area contributed by atoms with E-state index in [9.17, 15) is 14.4 Å². The molecule has 2 aromatic carbocycles. The zero-order valence-corrected chi connectivity index (χ0v) is 15.7. The molecule has 2 N–H and O–H groups in total. The highest BCUT2D eigenvalue weighted by molar-refractivity contribution is 5.99. The summed E-state index contributed by atoms with van der Waals surface area (Å²) < 4.78 is 5.41. The average Bonchev–Trinajstić information content (AvgIpc) is 2.65. The van der Waals surface area contributed by atoms with Crippen LogP contribution in [0.15, 0.2) is 54.6 Å². The molecule has 0 unspecified atom stereocenters. The Hall–Kier alpha value is -3.15. The third kappa shape index (κ3) is 6.26. The van der Waals surface area contributed by atoms with Crippen LogP contribution in [0.4, 0.5) is 5.69 Å². The molecule has 2 aromatic rings. The van der Waals surface area contributed by atoms with Gasteiger partial charge in [-0.15, -0.1) is 0 Å². The van der Waals surface area contributed by atoms with Gasteiger partial charge in [0.25, 0.3) is 5.91 Å². The summed E-state index contributed by atoms with van der Waals surface area (Å²) in [5, 5.41) is 5.45. The van der Waals surface area contributed by atoms with Crippen LogP contribution in [0, 0.1) is 5.92 Å². The van der Waals surface area contributed by atoms with E-state index in [4.69, 9.17) is 4.74 Å². The van der Waals surface area contributed by atoms with Crippen LogP contribution in [-0.4, -0.2) is 30.2 Å². The van der Waals surface area contributed by atoms with E-state index in [2.05, 4.69) is 10.6 Å². The van der Waals surface area contributed by atoms with E-state index in [1.807, 2.05) is 32.0 Å². The summed E-state index contributed by atoms with van der Waals surface area (Å²) in [5.41, 5.74) is 1.02. The van der Waals surface area contributed by atoms with Gasteiger partial charge in [-0.3, -0.25) is 14.4 Å². The molecule has 2 rings (SSSR count). The number of Topliss-reactive ketones (excluding diaryl/α,β-unsaturated/α-hetero) is 1. The minimum Gasteiger partial charge on any atom is -0.484 e. The van der Waals surface area contributed by atoms with E-state index in [1.165, 1.54) is 6.92 Å². The summed E-state index contributed by atoms with van der Waals surface area (Å²) in [4.78, 5) is 36.2. The topological polar surface area (TPSA) is 84.5 Å². The Morgan fingerprint density at radius 3 is 2.33 bits per heavy atom. The molecule has 0 aliphatic rings. The van der Waals surface area contributed by atoms with Crippen LogP contribution in [0.3, 0.4) is 0 Å². The molecule has 0 radical (unpaired) electrons. The lowest BCUT2D eigenvalue weighted by Gasteiger charge is -2.22. The van der Waals surface area contributed by atoms with E-state index >= 15 is 0 Å². The molecule has 142 valence electrons. The Kier molecular flexibility index (Phi) is 7.11. The lowest BCUT2D eigenvalue weighted by atomic mass is 10.0. The molecule has 0 saturated heterocycles. The molecule has 0 fully saturated rings. The number of carbonyl (C=O) groups is 3. The van der Waals surface area contributed by atoms with Gasteiger partial charge in [-0.2, -0.15) is 0 Å². The van der Waals surface area contributed by atoms with Crippen molar-refractivity contribution >= 4 is 23.3 Å². The Bertz CT molecular complexity index is 803. The van der Waals surface area contributed by atoms with Gasteiger partial charge in [0.1, 0.15) is 11.8 Å². The molecule has 6 heteroatoms. The number of ketones is 1. The quantitative estimate of drug-likeness (QED) is 0.702. The first-order valence-corrected chi connectivity index (χ1v) is 8.76. The van der Waals surface area contributed by atoms with Crippen LogP contribution in [-0.2, 0) is 9.59 Å². The number of hydrogen-bond donors (Lipinski definition) is 2. The second-order valence-corrected chi connectivity index (χ2v) is 6.52. The molecule has 0 aliphatic carbocycles. The second kappa shape index (κ2) is 9.52. The Morgan fingerprint density at radius 1 is 1.00 bits per heavy atom. The summed E-state index contributed by atoms with van der Waals surface area (Å²) in [7, 11) is 0. The van der Waals surface area contributed by atoms with Gasteiger partial charge in [-0.1, -0.05) is 44.2 Å². The monoisotopic (exact) mass is 368 g/mol. The van der Waals surface area contributed by atoms with Gasteiger partial charge in [0.2, 0.25) is 5.91 Å². The van der Waals surface area contributed by atoms with Crippen molar-refractivity contribution in [2.24, 2.45) is 5.92 Å². The van der Waals surface area contributed by atoms with E-state index in [1.54, 1.807) is 36.4 Å². The van der Waals surface area contributed by atoms with Crippen molar-refractivity contribution < 1.29 is 19.1 Å². The number of hydrogen-bond acceptors (Lipinski definition) is 4. The van der Waals surface area contributed by atoms with E-state index < -0.39 is 6.04 Å². The van der Waals surface area contributed by atoms with Crippen LogP contribution in [0.2, 0.25) is 0 Å². The van der Waals surface area contributed by atoms with Crippen molar-refractivity contribution in [1.82, 2.24) is 5.32 Å². The van der Waals surface area contributed by atoms with Crippen LogP contribution in [0.5, 0.6) is 5.75 Å². The summed E-state index contributed by atoms with van der Waals surface area (Å²) in [6.45, 7) is 4.97. The molecule has 0 aliphatic heterocycles.